The van der Waals surface area contributed by atoms with Gasteiger partial charge < -0.3 is 0 Å². The number of benzene rings is 1. The fourth-order valence-electron chi connectivity index (χ4n) is 0.585. The summed E-state index contributed by atoms with van der Waals surface area (Å²) < 4.78 is 60.5. The summed E-state index contributed by atoms with van der Waals surface area (Å²) in [5.74, 6) is -9.72. The van der Waals surface area contributed by atoms with E-state index in [1.165, 1.54) is 0 Å². The molecule has 0 aromatic heterocycles. The van der Waals surface area contributed by atoms with E-state index < -0.39 is 33.5 Å². The summed E-state index contributed by atoms with van der Waals surface area (Å²) in [5.41, 5.74) is 0. The molecule has 0 bridgehead atoms. The van der Waals surface area contributed by atoms with Gasteiger partial charge in [-0.25, -0.2) is 0 Å². The first-order chi connectivity index (χ1) is 5.46. The van der Waals surface area contributed by atoms with Gasteiger partial charge in [-0.15, -0.1) is 0 Å². The minimum absolute atomic E-state index is 0. The largest absolute Gasteiger partial charge is 0 e. The van der Waals surface area contributed by atoms with Gasteiger partial charge in [0, 0.05) is 27.3 Å². The minimum atomic E-state index is -2.15. The summed E-state index contributed by atoms with van der Waals surface area (Å²) in [6.07, 6.45) is 0. The number of hydrogen-bond acceptors (Lipinski definition) is 0. The van der Waals surface area contributed by atoms with Crippen LogP contribution in [0.3, 0.4) is 0 Å². The van der Waals surface area contributed by atoms with Crippen molar-refractivity contribution in [1.29, 1.82) is 0 Å². The van der Waals surface area contributed by atoms with Crippen LogP contribution in [-0.2, 0) is 0 Å². The average Bonchev–Trinajstić information content (AvgIpc) is 2.08. The maximum atomic E-state index is 12.4. The molecule has 0 aliphatic carbocycles. The van der Waals surface area contributed by atoms with Gasteiger partial charge in [-0.2, -0.15) is 0 Å². The zero-order valence-corrected chi connectivity index (χ0v) is 12.1. The molecule has 0 aliphatic rings. The maximum Gasteiger partial charge on any atom is 0 e. The van der Waals surface area contributed by atoms with Gasteiger partial charge in [0.15, 0.2) is 0 Å². The minimum Gasteiger partial charge on any atom is 0 e. The molecule has 2 radical (unpaired) electrons. The summed E-state index contributed by atoms with van der Waals surface area (Å²) in [7, 11) is 0. The Bertz CT molecular complexity index is 235. The first kappa shape index (κ1) is 13.3. The van der Waals surface area contributed by atoms with Crippen LogP contribution >= 0.6 is 0 Å². The van der Waals surface area contributed by atoms with Crippen molar-refractivity contribution in [2.75, 3.05) is 0 Å². The Morgan fingerprint density at radius 3 is 1.15 bits per heavy atom. The van der Waals surface area contributed by atoms with Crippen molar-refractivity contribution in [3.63, 3.8) is 0 Å². The van der Waals surface area contributed by atoms with Crippen molar-refractivity contribution >= 4 is 47.8 Å². The average molecular weight is 450 g/mol. The van der Waals surface area contributed by atoms with Gasteiger partial charge in [0.1, 0.15) is 0 Å². The van der Waals surface area contributed by atoms with Crippen LogP contribution in [0.2, 0.25) is 0 Å². The second-order valence-electron chi connectivity index (χ2n) is 1.90. The first-order valence-corrected chi connectivity index (χ1v) is 3.51. The predicted octanol–water partition coefficient (Wildman–Crippen LogP) is 0.795. The third-order valence-electron chi connectivity index (χ3n) is 1.17. The normalized spacial score (nSPS) is 9.62. The van der Waals surface area contributed by atoms with Gasteiger partial charge in [-0.1, -0.05) is 0 Å². The second-order valence-corrected chi connectivity index (χ2v) is 2.76. The molecule has 0 spiro atoms. The van der Waals surface area contributed by atoms with Crippen molar-refractivity contribution in [3.05, 3.63) is 29.1 Å². The molecule has 0 aliphatic heterocycles. The molecule has 0 saturated carbocycles. The van der Waals surface area contributed by atoms with Crippen LogP contribution in [0, 0.1) is 29.1 Å². The standard InChI is InChI=1S/C6F5Se.Tl/c7-1-2(8)4(10)6(12)5(11)3(1)9;. The number of hydrogen-bond donors (Lipinski definition) is 0. The summed E-state index contributed by atoms with van der Waals surface area (Å²) in [4.78, 5) is 0. The Labute approximate surface area is 98.5 Å². The maximum absolute atomic E-state index is 12.4. The molecule has 0 nitrogen and oxygen atoms in total. The summed E-state index contributed by atoms with van der Waals surface area (Å²) in [6.45, 7) is 0. The third-order valence-corrected chi connectivity index (χ3v) is 1.92. The van der Waals surface area contributed by atoms with E-state index in [1.54, 1.807) is 16.0 Å². The molecule has 0 unspecified atom stereocenters. The van der Waals surface area contributed by atoms with E-state index in [2.05, 4.69) is 0 Å². The van der Waals surface area contributed by atoms with Crippen LogP contribution in [0.25, 0.3) is 0 Å². The fraction of sp³-hybridized carbons (Fsp3) is 0. The Kier molecular flexibility index (Phi) is 4.81. The molecular formula is C6F5SeTl. The van der Waals surface area contributed by atoms with Crippen molar-refractivity contribution < 1.29 is 22.0 Å². The Morgan fingerprint density at radius 1 is 0.615 bits per heavy atom. The van der Waals surface area contributed by atoms with Gasteiger partial charge in [-0.05, 0) is 0 Å². The van der Waals surface area contributed by atoms with E-state index >= 15 is 0 Å². The topological polar surface area (TPSA) is 0 Å². The van der Waals surface area contributed by atoms with Gasteiger partial charge >= 0.3 is 71.5 Å². The summed E-state index contributed by atoms with van der Waals surface area (Å²) in [5, 5.41) is 0. The molecule has 0 amide bonds. The quantitative estimate of drug-likeness (QED) is 0.238. The van der Waals surface area contributed by atoms with Crippen LogP contribution in [-0.4, -0.2) is 43.3 Å². The van der Waals surface area contributed by atoms with Crippen molar-refractivity contribution in [2.45, 2.75) is 0 Å². The molecule has 1 aromatic rings. The van der Waals surface area contributed by atoms with E-state index in [1.807, 2.05) is 0 Å². The molecule has 0 N–H and O–H groups in total. The van der Waals surface area contributed by atoms with Crippen molar-refractivity contribution in [1.82, 2.24) is 0 Å². The molecule has 1 aromatic carbocycles. The number of halogens is 5. The summed E-state index contributed by atoms with van der Waals surface area (Å²) in [6, 6.07) is 0. The zero-order chi connectivity index (χ0) is 9.46. The zero-order valence-electron chi connectivity index (χ0n) is 5.88. The van der Waals surface area contributed by atoms with Gasteiger partial charge in [0.2, 0.25) is 0 Å². The molecule has 13 heavy (non-hydrogen) atoms. The third kappa shape index (κ3) is 2.21. The molecule has 0 fully saturated rings. The fourth-order valence-corrected chi connectivity index (χ4v) is 0.961. The van der Waals surface area contributed by atoms with Crippen molar-refractivity contribution in [2.24, 2.45) is 0 Å². The van der Waals surface area contributed by atoms with E-state index in [4.69, 9.17) is 0 Å². The number of rotatable bonds is 0. The first-order valence-electron chi connectivity index (χ1n) is 2.65. The molecule has 7 heteroatoms. The molecule has 0 atom stereocenters. The molecular weight excluding hydrogens is 450 g/mol. The monoisotopic (exact) mass is 452 g/mol. The molecule has 0 saturated heterocycles. The van der Waals surface area contributed by atoms with E-state index in [0.717, 1.165) is 0 Å². The Morgan fingerprint density at radius 2 is 0.846 bits per heavy atom. The van der Waals surface area contributed by atoms with Crippen LogP contribution in [0.4, 0.5) is 22.0 Å². The predicted molar refractivity (Wildman–Crippen MR) is 37.4 cm³/mol. The smallest absolute Gasteiger partial charge is 0 e. The summed E-state index contributed by atoms with van der Waals surface area (Å²) >= 11 is 1.75. The second kappa shape index (κ2) is 4.70. The van der Waals surface area contributed by atoms with Gasteiger partial charge in [0.05, 0.1) is 0 Å². The van der Waals surface area contributed by atoms with Crippen LogP contribution < -0.4 is 4.46 Å². The van der Waals surface area contributed by atoms with E-state index in [-0.39, 0.29) is 27.3 Å². The SMILES string of the molecule is Fc1c(F)c(F)c([Se])c(F)c1F.[Tl]. The Hall–Kier alpha value is 0.312. The van der Waals surface area contributed by atoms with E-state index in [9.17, 15) is 22.0 Å². The molecule has 1 rings (SSSR count). The van der Waals surface area contributed by atoms with Crippen molar-refractivity contribution in [3.8, 4) is 0 Å². The van der Waals surface area contributed by atoms with Crippen LogP contribution in [0.5, 0.6) is 0 Å². The Balaban J connectivity index is 0.00000144. The van der Waals surface area contributed by atoms with E-state index in [0.29, 0.717) is 0 Å². The van der Waals surface area contributed by atoms with Crippen LogP contribution in [0.15, 0.2) is 0 Å². The molecule has 0 heterocycles. The van der Waals surface area contributed by atoms with Gasteiger partial charge in [0.25, 0.3) is 0 Å². The van der Waals surface area contributed by atoms with Gasteiger partial charge in [-0.3, -0.25) is 0 Å². The van der Waals surface area contributed by atoms with Crippen LogP contribution in [0.1, 0.15) is 0 Å². The molecule has 68 valence electrons.